The summed E-state index contributed by atoms with van der Waals surface area (Å²) in [5.41, 5.74) is 0.267. The molecule has 1 aliphatic heterocycles. The van der Waals surface area contributed by atoms with Crippen LogP contribution in [0, 0.1) is 0 Å². The average Bonchev–Trinajstić information content (AvgIpc) is 2.45. The zero-order chi connectivity index (χ0) is 17.3. The fourth-order valence-electron chi connectivity index (χ4n) is 2.29. The Morgan fingerprint density at radius 2 is 1.61 bits per heavy atom. The highest BCUT2D eigenvalue weighted by Gasteiger charge is 2.26. The topological polar surface area (TPSA) is 66.9 Å². The third-order valence-corrected chi connectivity index (χ3v) is 4.25. The molecule has 2 rings (SSSR count). The summed E-state index contributed by atoms with van der Waals surface area (Å²) in [6, 6.07) is 5.61. The highest BCUT2D eigenvalue weighted by Crippen LogP contribution is 2.21. The standard InChI is InChI=1S/C15H21FN2O4S/c1-15(2,3)22-14(19)18-10-8-17(9-11-18)12-4-6-13(7-5-12)23(16,20)21/h4-7H,8-11H2,1-3H3. The van der Waals surface area contributed by atoms with Crippen molar-refractivity contribution in [1.29, 1.82) is 0 Å². The van der Waals surface area contributed by atoms with Gasteiger partial charge in [-0.25, -0.2) is 4.79 Å². The maximum atomic E-state index is 12.9. The van der Waals surface area contributed by atoms with E-state index in [2.05, 4.69) is 0 Å². The normalized spacial score (nSPS) is 16.3. The molecule has 0 saturated carbocycles. The minimum Gasteiger partial charge on any atom is -0.444 e. The first-order valence-electron chi connectivity index (χ1n) is 7.34. The molecule has 128 valence electrons. The summed E-state index contributed by atoms with van der Waals surface area (Å²) < 4.78 is 39.8. The third-order valence-electron chi connectivity index (χ3n) is 3.41. The van der Waals surface area contributed by atoms with Gasteiger partial charge in [0.2, 0.25) is 0 Å². The van der Waals surface area contributed by atoms with Crippen LogP contribution in [0.2, 0.25) is 0 Å². The Labute approximate surface area is 136 Å². The number of nitrogens with zero attached hydrogens (tertiary/aromatic N) is 2. The molecule has 8 heteroatoms. The van der Waals surface area contributed by atoms with Crippen molar-refractivity contribution in [2.45, 2.75) is 31.3 Å². The van der Waals surface area contributed by atoms with Crippen molar-refractivity contribution < 1.29 is 21.8 Å². The first-order chi connectivity index (χ1) is 10.6. The summed E-state index contributed by atoms with van der Waals surface area (Å²) in [5, 5.41) is 0. The van der Waals surface area contributed by atoms with E-state index in [0.29, 0.717) is 26.2 Å². The Morgan fingerprint density at radius 1 is 1.09 bits per heavy atom. The summed E-state index contributed by atoms with van der Waals surface area (Å²) >= 11 is 0. The SMILES string of the molecule is CC(C)(C)OC(=O)N1CCN(c2ccc(S(=O)(=O)F)cc2)CC1. The monoisotopic (exact) mass is 344 g/mol. The molecule has 1 fully saturated rings. The molecule has 1 amide bonds. The minimum absolute atomic E-state index is 0.337. The van der Waals surface area contributed by atoms with Crippen LogP contribution in [0.25, 0.3) is 0 Å². The van der Waals surface area contributed by atoms with Gasteiger partial charge in [0.25, 0.3) is 0 Å². The van der Waals surface area contributed by atoms with E-state index in [4.69, 9.17) is 4.74 Å². The highest BCUT2D eigenvalue weighted by atomic mass is 32.3. The molecule has 1 aromatic rings. The molecular weight excluding hydrogens is 323 g/mol. The first kappa shape index (κ1) is 17.5. The number of anilines is 1. The number of rotatable bonds is 2. The molecule has 0 bridgehead atoms. The fraction of sp³-hybridized carbons (Fsp3) is 0.533. The highest BCUT2D eigenvalue weighted by molar-refractivity contribution is 7.86. The van der Waals surface area contributed by atoms with E-state index in [1.807, 2.05) is 25.7 Å². The van der Waals surface area contributed by atoms with Crippen molar-refractivity contribution in [2.75, 3.05) is 31.1 Å². The van der Waals surface area contributed by atoms with Gasteiger partial charge in [0, 0.05) is 31.9 Å². The smallest absolute Gasteiger partial charge is 0.410 e. The van der Waals surface area contributed by atoms with Gasteiger partial charge in [0.15, 0.2) is 0 Å². The second-order valence-electron chi connectivity index (χ2n) is 6.39. The molecule has 0 radical (unpaired) electrons. The van der Waals surface area contributed by atoms with E-state index < -0.39 is 15.8 Å². The van der Waals surface area contributed by atoms with Crippen LogP contribution in [-0.2, 0) is 15.0 Å². The molecule has 23 heavy (non-hydrogen) atoms. The quantitative estimate of drug-likeness (QED) is 0.771. The van der Waals surface area contributed by atoms with Crippen LogP contribution >= 0.6 is 0 Å². The molecule has 0 aromatic heterocycles. The second kappa shape index (κ2) is 6.35. The van der Waals surface area contributed by atoms with Crippen LogP contribution in [0.3, 0.4) is 0 Å². The van der Waals surface area contributed by atoms with Gasteiger partial charge in [0.1, 0.15) is 5.60 Å². The zero-order valence-electron chi connectivity index (χ0n) is 13.5. The predicted molar refractivity (Wildman–Crippen MR) is 84.8 cm³/mol. The summed E-state index contributed by atoms with van der Waals surface area (Å²) in [6.45, 7) is 7.68. The predicted octanol–water partition coefficient (Wildman–Crippen LogP) is 2.40. The van der Waals surface area contributed by atoms with Crippen molar-refractivity contribution in [3.63, 3.8) is 0 Å². The molecular formula is C15H21FN2O4S. The molecule has 0 N–H and O–H groups in total. The Bertz CT molecular complexity index is 660. The molecule has 1 saturated heterocycles. The van der Waals surface area contributed by atoms with Crippen molar-refractivity contribution in [2.24, 2.45) is 0 Å². The molecule has 0 spiro atoms. The van der Waals surface area contributed by atoms with Gasteiger partial charge in [-0.2, -0.15) is 8.42 Å². The Balaban J connectivity index is 1.95. The van der Waals surface area contributed by atoms with E-state index in [9.17, 15) is 17.1 Å². The zero-order valence-corrected chi connectivity index (χ0v) is 14.3. The maximum absolute atomic E-state index is 12.9. The number of piperazine rings is 1. The van der Waals surface area contributed by atoms with E-state index in [-0.39, 0.29) is 11.0 Å². The van der Waals surface area contributed by atoms with Gasteiger partial charge in [-0.15, -0.1) is 3.89 Å². The lowest BCUT2D eigenvalue weighted by Gasteiger charge is -2.36. The lowest BCUT2D eigenvalue weighted by molar-refractivity contribution is 0.0240. The van der Waals surface area contributed by atoms with E-state index >= 15 is 0 Å². The number of amides is 1. The second-order valence-corrected chi connectivity index (χ2v) is 7.73. The Morgan fingerprint density at radius 3 is 2.04 bits per heavy atom. The molecule has 1 aliphatic rings. The van der Waals surface area contributed by atoms with Gasteiger partial charge in [0.05, 0.1) is 4.90 Å². The third kappa shape index (κ3) is 4.82. The number of carbonyl (C=O) groups excluding carboxylic acids is 1. The number of benzene rings is 1. The van der Waals surface area contributed by atoms with Crippen LogP contribution in [0.1, 0.15) is 20.8 Å². The van der Waals surface area contributed by atoms with Gasteiger partial charge >= 0.3 is 16.3 Å². The van der Waals surface area contributed by atoms with Crippen LogP contribution in [0.4, 0.5) is 14.4 Å². The minimum atomic E-state index is -4.68. The molecule has 6 nitrogen and oxygen atoms in total. The Hall–Kier alpha value is -1.83. The van der Waals surface area contributed by atoms with Gasteiger partial charge in [-0.1, -0.05) is 0 Å². The summed E-state index contributed by atoms with van der Waals surface area (Å²) in [7, 11) is -4.68. The van der Waals surface area contributed by atoms with Crippen LogP contribution in [-0.4, -0.2) is 51.2 Å². The molecule has 0 aliphatic carbocycles. The van der Waals surface area contributed by atoms with E-state index in [1.54, 1.807) is 17.0 Å². The number of carbonyl (C=O) groups is 1. The number of halogens is 1. The maximum Gasteiger partial charge on any atom is 0.410 e. The molecule has 0 unspecified atom stereocenters. The first-order valence-corrected chi connectivity index (χ1v) is 8.72. The van der Waals surface area contributed by atoms with Crippen molar-refractivity contribution in [3.05, 3.63) is 24.3 Å². The van der Waals surface area contributed by atoms with Crippen LogP contribution < -0.4 is 4.90 Å². The molecule has 0 atom stereocenters. The van der Waals surface area contributed by atoms with Crippen molar-refractivity contribution >= 4 is 22.0 Å². The number of hydrogen-bond donors (Lipinski definition) is 0. The fourth-order valence-corrected chi connectivity index (χ4v) is 2.75. The van der Waals surface area contributed by atoms with E-state index in [1.165, 1.54) is 12.1 Å². The van der Waals surface area contributed by atoms with Crippen LogP contribution in [0.5, 0.6) is 0 Å². The summed E-state index contributed by atoms with van der Waals surface area (Å²) in [6.07, 6.45) is -0.337. The lowest BCUT2D eigenvalue weighted by Crippen LogP contribution is -2.50. The summed E-state index contributed by atoms with van der Waals surface area (Å²) in [4.78, 5) is 15.3. The van der Waals surface area contributed by atoms with E-state index in [0.717, 1.165) is 5.69 Å². The average molecular weight is 344 g/mol. The lowest BCUT2D eigenvalue weighted by atomic mass is 10.2. The number of hydrogen-bond acceptors (Lipinski definition) is 5. The largest absolute Gasteiger partial charge is 0.444 e. The van der Waals surface area contributed by atoms with Crippen molar-refractivity contribution in [1.82, 2.24) is 4.90 Å². The number of ether oxygens (including phenoxy) is 1. The summed E-state index contributed by atoms with van der Waals surface area (Å²) in [5.74, 6) is 0. The molecule has 1 aromatic carbocycles. The van der Waals surface area contributed by atoms with Crippen LogP contribution in [0.15, 0.2) is 29.2 Å². The van der Waals surface area contributed by atoms with Gasteiger partial charge in [-0.05, 0) is 45.0 Å². The van der Waals surface area contributed by atoms with Gasteiger partial charge in [-0.3, -0.25) is 0 Å². The Kier molecular flexibility index (Phi) is 4.84. The van der Waals surface area contributed by atoms with Crippen molar-refractivity contribution in [3.8, 4) is 0 Å². The van der Waals surface area contributed by atoms with Gasteiger partial charge < -0.3 is 14.5 Å². The molecule has 1 heterocycles.